The van der Waals surface area contributed by atoms with E-state index in [2.05, 4.69) is 144 Å². The van der Waals surface area contributed by atoms with Gasteiger partial charge in [0.05, 0.1) is 12.3 Å². The number of rotatable bonds is 10. The van der Waals surface area contributed by atoms with Gasteiger partial charge in [0, 0.05) is 82.3 Å². The second kappa shape index (κ2) is 21.6. The average molecular weight is 1260 g/mol. The molecule has 1 aromatic heterocycles. The van der Waals surface area contributed by atoms with Crippen LogP contribution >= 0.6 is 0 Å². The number of aryl methyl sites for hydroxylation is 1. The van der Waals surface area contributed by atoms with E-state index in [9.17, 15) is 4.11 Å². The largest absolute Gasteiger partial charge is 0.509 e. The van der Waals surface area contributed by atoms with E-state index in [4.69, 9.17) is 22.1 Å². The van der Waals surface area contributed by atoms with E-state index < -0.39 is 42.5 Å². The van der Waals surface area contributed by atoms with E-state index in [1.807, 2.05) is 71.1 Å². The first kappa shape index (κ1) is 43.5. The number of hydrogen-bond acceptors (Lipinski definition) is 5. The van der Waals surface area contributed by atoms with Crippen LogP contribution in [0.5, 0.6) is 11.5 Å². The van der Waals surface area contributed by atoms with Crippen LogP contribution in [-0.4, -0.2) is 4.98 Å². The van der Waals surface area contributed by atoms with Gasteiger partial charge in [-0.25, -0.2) is 4.98 Å². The zero-order valence-electron chi connectivity index (χ0n) is 60.6. The van der Waals surface area contributed by atoms with Gasteiger partial charge in [0.15, 0.2) is 0 Å². The Morgan fingerprint density at radius 1 is 0.580 bits per heavy atom. The van der Waals surface area contributed by atoms with Gasteiger partial charge in [-0.1, -0.05) is 211 Å². The molecule has 0 unspecified atom stereocenters. The second-order valence-electron chi connectivity index (χ2n) is 25.8. The molecule has 0 atom stereocenters. The van der Waals surface area contributed by atoms with Crippen molar-refractivity contribution >= 4 is 34.3 Å². The molecule has 9 aromatic rings. The summed E-state index contributed by atoms with van der Waals surface area (Å²) in [5.74, 6) is 0.712. The Morgan fingerprint density at radius 2 is 1.20 bits per heavy atom. The summed E-state index contributed by atoms with van der Waals surface area (Å²) >= 11 is 0. The smallest absolute Gasteiger partial charge is 0.130 e. The van der Waals surface area contributed by atoms with Crippen molar-refractivity contribution in [3.8, 4) is 56.0 Å². The molecule has 2 aliphatic rings. The predicted molar refractivity (Wildman–Crippen MR) is 337 cm³/mol. The van der Waals surface area contributed by atoms with Gasteiger partial charge in [-0.05, 0) is 116 Å². The first-order valence-electron chi connectivity index (χ1n) is 33.6. The van der Waals surface area contributed by atoms with Crippen LogP contribution in [0.15, 0.2) is 176 Å². The molecule has 0 fully saturated rings. The normalized spacial score (nSPS) is 17.0. The van der Waals surface area contributed by atoms with E-state index >= 15 is 0 Å². The number of para-hydroxylation sites is 4. The standard InChI is InChI=1S/C75H77N4O.Pt/c1-49-39-69(76-47-63(49)52-33-36-64-65(42-52)75(13,14)38-37-74(64,11)12)77-66-28-19-18-25-60(66)51-31-34-58(35-32-51)80-59-45-56(73(8,9)10)44-57(46-59)78-48-79(68-30-21-20-29-67(68)78)70-61(50-23-16-15-17-24-50)26-22-27-62(70)53-40-54(71(2,3)4)43-55(41-53)72(5,6)7;/h15-34,36,39-45,47-48H,37-38H2,1-14H3,(H,76,77);/q-3;/i1D3,15D,16D,17D,18D,19D,23D,24D,25D,28D;. The molecule has 1 aliphatic carbocycles. The van der Waals surface area contributed by atoms with E-state index in [1.54, 1.807) is 18.2 Å². The van der Waals surface area contributed by atoms with Crippen LogP contribution in [0.2, 0.25) is 0 Å². The Labute approximate surface area is 515 Å². The van der Waals surface area contributed by atoms with Crippen LogP contribution in [-0.2, 0) is 48.1 Å². The Hall–Kier alpha value is -7.20. The number of nitrogens with one attached hydrogen (secondary N) is 1. The summed E-state index contributed by atoms with van der Waals surface area (Å²) in [4.78, 5) is 8.73. The molecule has 0 spiro atoms. The topological polar surface area (TPSA) is 40.6 Å². The summed E-state index contributed by atoms with van der Waals surface area (Å²) in [6, 6.07) is 39.8. The van der Waals surface area contributed by atoms with Gasteiger partial charge in [0.25, 0.3) is 0 Å². The van der Waals surface area contributed by atoms with Crippen molar-refractivity contribution in [3.63, 3.8) is 0 Å². The van der Waals surface area contributed by atoms with Crippen LogP contribution in [0.1, 0.15) is 153 Å². The molecule has 1 N–H and O–H groups in total. The number of fused-ring (bicyclic) bond motifs is 2. The Bertz CT molecular complexity index is 4380. The average Bonchev–Trinajstić information content (AvgIpc) is 1.73. The number of hydrogen-bond donors (Lipinski definition) is 1. The summed E-state index contributed by atoms with van der Waals surface area (Å²) in [5.41, 5.74) is 11.1. The van der Waals surface area contributed by atoms with Crippen LogP contribution < -0.4 is 19.9 Å². The van der Waals surface area contributed by atoms with Crippen molar-refractivity contribution < 1.29 is 42.3 Å². The minimum absolute atomic E-state index is 0. The number of pyridine rings is 1. The van der Waals surface area contributed by atoms with Gasteiger partial charge >= 0.3 is 0 Å². The molecule has 11 rings (SSSR count). The quantitative estimate of drug-likeness (QED) is 0.138. The monoisotopic (exact) mass is 1260 g/mol. The van der Waals surface area contributed by atoms with Gasteiger partial charge in [-0.3, -0.25) is 0 Å². The van der Waals surface area contributed by atoms with Crippen LogP contribution in [0.4, 0.5) is 34.3 Å². The molecule has 1 aliphatic heterocycles. The molecule has 416 valence electrons. The van der Waals surface area contributed by atoms with Crippen molar-refractivity contribution in [3.05, 3.63) is 228 Å². The van der Waals surface area contributed by atoms with Gasteiger partial charge in [-0.15, -0.1) is 53.8 Å². The SMILES string of the molecule is [2H]c1c([2H])c([2H])c(-c2cccc(-c3cc(C(C)(C)C)cc(C(C)(C)C)c3)c2N2[CH-]N(c3[c-]c(Oc4[c-]cc(-c5c([2H])c([2H])c([2H])c([2H])c5Nc5cc(C([2H])([2H])[2H])c(-c6ccc7c(c6)C(C)(C)CCC7(C)C)cn5)cc4)cc(C(C)(C)C)c3)c3ccccc32)c([2H])c1[2H].[Pt]. The molecule has 6 heteroatoms. The Kier molecular flexibility index (Phi) is 11.6. The van der Waals surface area contributed by atoms with E-state index in [-0.39, 0.29) is 101 Å². The number of benzene rings is 8. The molecular formula is C75H77N4OPt-3. The Balaban J connectivity index is 0.00000946. The minimum atomic E-state index is -2.57. The van der Waals surface area contributed by atoms with E-state index in [0.29, 0.717) is 33.8 Å². The number of ether oxygens (including phenoxy) is 1. The maximum Gasteiger partial charge on any atom is 0.130 e. The van der Waals surface area contributed by atoms with Crippen molar-refractivity contribution in [2.45, 2.75) is 137 Å². The fraction of sp³-hybridized carbons (Fsp3) is 0.280. The van der Waals surface area contributed by atoms with E-state index in [0.717, 1.165) is 57.6 Å². The Morgan fingerprint density at radius 3 is 1.85 bits per heavy atom. The van der Waals surface area contributed by atoms with Crippen LogP contribution in [0.25, 0.3) is 44.5 Å². The van der Waals surface area contributed by atoms with Gasteiger partial charge in [-0.2, -0.15) is 12.1 Å². The maximum absolute atomic E-state index is 9.31. The molecular weight excluding hydrogens is 1170 g/mol. The summed E-state index contributed by atoms with van der Waals surface area (Å²) in [7, 11) is 0. The van der Waals surface area contributed by atoms with Crippen molar-refractivity contribution in [2.24, 2.45) is 0 Å². The fourth-order valence-electron chi connectivity index (χ4n) is 10.9. The molecule has 0 amide bonds. The van der Waals surface area contributed by atoms with E-state index in [1.165, 1.54) is 23.4 Å². The third-order valence-corrected chi connectivity index (χ3v) is 15.9. The predicted octanol–water partition coefficient (Wildman–Crippen LogP) is 20.8. The summed E-state index contributed by atoms with van der Waals surface area (Å²) in [6.45, 7) is 27.7. The third-order valence-electron chi connectivity index (χ3n) is 15.9. The minimum Gasteiger partial charge on any atom is -0.509 e. The second-order valence-corrected chi connectivity index (χ2v) is 25.8. The zero-order chi connectivity index (χ0) is 66.9. The molecule has 0 bridgehead atoms. The van der Waals surface area contributed by atoms with Gasteiger partial charge < -0.3 is 19.9 Å². The third kappa shape index (κ3) is 11.5. The van der Waals surface area contributed by atoms with Gasteiger partial charge in [0.2, 0.25) is 0 Å². The number of nitrogens with zero attached hydrogens (tertiary/aromatic N) is 3. The van der Waals surface area contributed by atoms with Gasteiger partial charge in [0.1, 0.15) is 5.82 Å². The van der Waals surface area contributed by atoms with Crippen molar-refractivity contribution in [1.82, 2.24) is 4.98 Å². The molecule has 81 heavy (non-hydrogen) atoms. The van der Waals surface area contributed by atoms with Crippen LogP contribution in [0, 0.1) is 25.7 Å². The fourth-order valence-corrected chi connectivity index (χ4v) is 10.9. The summed E-state index contributed by atoms with van der Waals surface area (Å²) in [6.07, 6.45) is 3.53. The molecule has 5 nitrogen and oxygen atoms in total. The zero-order valence-corrected chi connectivity index (χ0v) is 50.9. The maximum atomic E-state index is 9.31. The van der Waals surface area contributed by atoms with Crippen LogP contribution in [0.3, 0.4) is 0 Å². The first-order chi connectivity index (χ1) is 42.8. The summed E-state index contributed by atoms with van der Waals surface area (Å²) < 4.78 is 113. The van der Waals surface area contributed by atoms with Crippen molar-refractivity contribution in [1.29, 1.82) is 0 Å². The molecule has 0 saturated carbocycles. The molecule has 0 saturated heterocycles. The molecule has 0 radical (unpaired) electrons. The number of aromatic nitrogens is 1. The first-order valence-corrected chi connectivity index (χ1v) is 27.6. The molecule has 8 aromatic carbocycles. The molecule has 2 heterocycles. The number of anilines is 6. The van der Waals surface area contributed by atoms with Crippen molar-refractivity contribution in [2.75, 3.05) is 15.1 Å². The summed E-state index contributed by atoms with van der Waals surface area (Å²) in [5, 5.41) is 3.12.